The number of nitrogens with zero attached hydrogens (tertiary/aromatic N) is 2. The Morgan fingerprint density at radius 3 is 2.55 bits per heavy atom. The maximum absolute atomic E-state index is 14.3. The maximum Gasteiger partial charge on any atom is 0.267 e. The molecule has 7 heteroatoms. The van der Waals surface area contributed by atoms with Crippen LogP contribution in [0.5, 0.6) is 5.75 Å². The van der Waals surface area contributed by atoms with Gasteiger partial charge in [-0.3, -0.25) is 9.59 Å². The van der Waals surface area contributed by atoms with Crippen LogP contribution in [-0.2, 0) is 24.2 Å². The molecule has 1 amide bonds. The fourth-order valence-electron chi connectivity index (χ4n) is 3.61. The number of carbonyl (C=O) groups excluding carboxylic acids is 1. The van der Waals surface area contributed by atoms with Gasteiger partial charge in [0.25, 0.3) is 5.56 Å². The minimum atomic E-state index is -0.518. The molecule has 1 heterocycles. The summed E-state index contributed by atoms with van der Waals surface area (Å²) in [7, 11) is 1.45. The van der Waals surface area contributed by atoms with Crippen LogP contribution < -0.4 is 15.6 Å². The second kappa shape index (κ2) is 7.87. The van der Waals surface area contributed by atoms with E-state index in [4.69, 9.17) is 4.74 Å². The number of benzene rings is 2. The molecule has 0 saturated carbocycles. The number of methoxy groups -OCH3 is 1. The molecule has 3 aromatic rings. The zero-order valence-electron chi connectivity index (χ0n) is 15.9. The standard InChI is InChI=1S/C22H20FN3O3/c1-29-17-6-7-18(19(23)12-17)20-8-9-22(28)26(25-20)13-21(27)24-16-10-14-4-2-3-5-15(14)11-16/h2-9,12,16H,10-11,13H2,1H3,(H,24,27). The van der Waals surface area contributed by atoms with Gasteiger partial charge in [0.05, 0.1) is 12.8 Å². The predicted octanol–water partition coefficient (Wildman–Crippen LogP) is 2.34. The fraction of sp³-hybridized carbons (Fsp3) is 0.227. The Hall–Kier alpha value is -3.48. The van der Waals surface area contributed by atoms with Crippen molar-refractivity contribution in [3.8, 4) is 17.0 Å². The number of rotatable bonds is 5. The summed E-state index contributed by atoms with van der Waals surface area (Å²) in [6, 6.07) is 15.2. The van der Waals surface area contributed by atoms with Crippen LogP contribution >= 0.6 is 0 Å². The number of aromatic nitrogens is 2. The van der Waals surface area contributed by atoms with Crippen molar-refractivity contribution < 1.29 is 13.9 Å². The second-order valence-corrected chi connectivity index (χ2v) is 7.00. The van der Waals surface area contributed by atoms with Crippen molar-refractivity contribution >= 4 is 5.91 Å². The molecule has 29 heavy (non-hydrogen) atoms. The number of hydrogen-bond acceptors (Lipinski definition) is 4. The summed E-state index contributed by atoms with van der Waals surface area (Å²) >= 11 is 0. The molecule has 4 rings (SSSR count). The van der Waals surface area contributed by atoms with Crippen LogP contribution in [-0.4, -0.2) is 28.8 Å². The molecular formula is C22H20FN3O3. The van der Waals surface area contributed by atoms with Gasteiger partial charge in [0.1, 0.15) is 18.1 Å². The number of ether oxygens (including phenoxy) is 1. The average molecular weight is 393 g/mol. The van der Waals surface area contributed by atoms with Gasteiger partial charge in [0.2, 0.25) is 5.91 Å². The van der Waals surface area contributed by atoms with E-state index in [0.29, 0.717) is 5.75 Å². The van der Waals surface area contributed by atoms with Gasteiger partial charge in [0, 0.05) is 23.7 Å². The van der Waals surface area contributed by atoms with Crippen LogP contribution in [0.1, 0.15) is 11.1 Å². The van der Waals surface area contributed by atoms with E-state index >= 15 is 0 Å². The molecule has 0 bridgehead atoms. The lowest BCUT2D eigenvalue weighted by atomic mass is 10.1. The minimum Gasteiger partial charge on any atom is -0.497 e. The molecule has 0 radical (unpaired) electrons. The van der Waals surface area contributed by atoms with Crippen LogP contribution in [0.4, 0.5) is 4.39 Å². The van der Waals surface area contributed by atoms with Crippen LogP contribution in [0, 0.1) is 5.82 Å². The van der Waals surface area contributed by atoms with Crippen LogP contribution in [0.15, 0.2) is 59.4 Å². The van der Waals surface area contributed by atoms with Crippen LogP contribution in [0.25, 0.3) is 11.3 Å². The van der Waals surface area contributed by atoms with E-state index in [1.54, 1.807) is 6.07 Å². The van der Waals surface area contributed by atoms with Gasteiger partial charge in [0.15, 0.2) is 0 Å². The second-order valence-electron chi connectivity index (χ2n) is 7.00. The summed E-state index contributed by atoms with van der Waals surface area (Å²) in [6.45, 7) is -0.225. The van der Waals surface area contributed by atoms with Gasteiger partial charge in [-0.25, -0.2) is 9.07 Å². The third-order valence-electron chi connectivity index (χ3n) is 5.03. The largest absolute Gasteiger partial charge is 0.497 e. The Bertz CT molecular complexity index is 1100. The molecule has 0 fully saturated rings. The first-order valence-electron chi connectivity index (χ1n) is 9.31. The summed E-state index contributed by atoms with van der Waals surface area (Å²) in [6.07, 6.45) is 1.53. The zero-order chi connectivity index (χ0) is 20.4. The molecule has 1 aromatic heterocycles. The maximum atomic E-state index is 14.3. The minimum absolute atomic E-state index is 0.00202. The molecule has 1 N–H and O–H groups in total. The van der Waals surface area contributed by atoms with E-state index in [-0.39, 0.29) is 29.8 Å². The number of fused-ring (bicyclic) bond motifs is 1. The molecular weight excluding hydrogens is 373 g/mol. The summed E-state index contributed by atoms with van der Waals surface area (Å²) in [5.41, 5.74) is 2.53. The van der Waals surface area contributed by atoms with Gasteiger partial charge in [-0.05, 0) is 42.2 Å². The molecule has 0 spiro atoms. The molecule has 0 unspecified atom stereocenters. The predicted molar refractivity (Wildman–Crippen MR) is 106 cm³/mol. The third-order valence-corrected chi connectivity index (χ3v) is 5.03. The molecule has 1 aliphatic carbocycles. The Morgan fingerprint density at radius 1 is 1.17 bits per heavy atom. The van der Waals surface area contributed by atoms with Crippen molar-refractivity contribution in [2.24, 2.45) is 0 Å². The third kappa shape index (κ3) is 4.03. The summed E-state index contributed by atoms with van der Waals surface area (Å²) in [5.74, 6) is -0.434. The molecule has 148 valence electrons. The van der Waals surface area contributed by atoms with E-state index in [1.807, 2.05) is 12.1 Å². The Labute approximate surface area is 166 Å². The van der Waals surface area contributed by atoms with E-state index in [9.17, 15) is 14.0 Å². The highest BCUT2D eigenvalue weighted by atomic mass is 19.1. The zero-order valence-corrected chi connectivity index (χ0v) is 15.9. The Kier molecular flexibility index (Phi) is 5.12. The van der Waals surface area contributed by atoms with Gasteiger partial charge in [-0.2, -0.15) is 5.10 Å². The molecule has 0 atom stereocenters. The SMILES string of the molecule is COc1ccc(-c2ccc(=O)n(CC(=O)NC3Cc4ccccc4C3)n2)c(F)c1. The summed E-state index contributed by atoms with van der Waals surface area (Å²) in [4.78, 5) is 24.6. The van der Waals surface area contributed by atoms with Gasteiger partial charge >= 0.3 is 0 Å². The number of amides is 1. The van der Waals surface area contributed by atoms with Crippen molar-refractivity contribution in [1.82, 2.24) is 15.1 Å². The van der Waals surface area contributed by atoms with Gasteiger partial charge in [-0.15, -0.1) is 0 Å². The van der Waals surface area contributed by atoms with E-state index in [2.05, 4.69) is 22.5 Å². The number of carbonyl (C=O) groups is 1. The summed E-state index contributed by atoms with van der Waals surface area (Å²) in [5, 5.41) is 7.13. The molecule has 2 aromatic carbocycles. The lowest BCUT2D eigenvalue weighted by molar-refractivity contribution is -0.122. The lowest BCUT2D eigenvalue weighted by Gasteiger charge is -2.13. The van der Waals surface area contributed by atoms with Crippen molar-refractivity contribution in [2.75, 3.05) is 7.11 Å². The van der Waals surface area contributed by atoms with Crippen LogP contribution in [0.2, 0.25) is 0 Å². The highest BCUT2D eigenvalue weighted by Gasteiger charge is 2.22. The average Bonchev–Trinajstić information content (AvgIpc) is 3.11. The number of nitrogens with one attached hydrogen (secondary N) is 1. The quantitative estimate of drug-likeness (QED) is 0.722. The summed E-state index contributed by atoms with van der Waals surface area (Å²) < 4.78 is 20.4. The molecule has 0 saturated heterocycles. The van der Waals surface area contributed by atoms with Crippen molar-refractivity contribution in [3.05, 3.63) is 81.9 Å². The molecule has 1 aliphatic rings. The lowest BCUT2D eigenvalue weighted by Crippen LogP contribution is -2.39. The number of halogens is 1. The monoisotopic (exact) mass is 393 g/mol. The van der Waals surface area contributed by atoms with Crippen LogP contribution in [0.3, 0.4) is 0 Å². The van der Waals surface area contributed by atoms with Gasteiger partial charge in [-0.1, -0.05) is 24.3 Å². The van der Waals surface area contributed by atoms with Crippen molar-refractivity contribution in [2.45, 2.75) is 25.4 Å². The highest BCUT2D eigenvalue weighted by Crippen LogP contribution is 2.24. The van der Waals surface area contributed by atoms with Gasteiger partial charge < -0.3 is 10.1 Å². The highest BCUT2D eigenvalue weighted by molar-refractivity contribution is 5.76. The molecule has 6 nitrogen and oxygen atoms in total. The van der Waals surface area contributed by atoms with E-state index < -0.39 is 11.4 Å². The topological polar surface area (TPSA) is 73.2 Å². The first-order valence-corrected chi connectivity index (χ1v) is 9.31. The normalized spacial score (nSPS) is 13.2. The first kappa shape index (κ1) is 18.9. The smallest absolute Gasteiger partial charge is 0.267 e. The van der Waals surface area contributed by atoms with E-state index in [0.717, 1.165) is 17.5 Å². The van der Waals surface area contributed by atoms with Crippen molar-refractivity contribution in [3.63, 3.8) is 0 Å². The van der Waals surface area contributed by atoms with E-state index in [1.165, 1.54) is 42.5 Å². The fourth-order valence-corrected chi connectivity index (χ4v) is 3.61. The molecule has 0 aliphatic heterocycles. The first-order chi connectivity index (χ1) is 14.0. The Balaban J connectivity index is 1.48. The number of hydrogen-bond donors (Lipinski definition) is 1. The Morgan fingerprint density at radius 2 is 1.90 bits per heavy atom. The van der Waals surface area contributed by atoms with Crippen molar-refractivity contribution in [1.29, 1.82) is 0 Å².